The molecule has 0 aliphatic rings. The quantitative estimate of drug-likeness (QED) is 0.475. The normalized spacial score (nSPS) is 11.8. The van der Waals surface area contributed by atoms with Gasteiger partial charge in [0.1, 0.15) is 5.82 Å². The van der Waals surface area contributed by atoms with Gasteiger partial charge in [-0.15, -0.1) is 0 Å². The van der Waals surface area contributed by atoms with Crippen LogP contribution in [0.2, 0.25) is 0 Å². The van der Waals surface area contributed by atoms with Crippen molar-refractivity contribution in [3.05, 3.63) is 11.4 Å². The lowest BCUT2D eigenvalue weighted by Gasteiger charge is -2.20. The minimum atomic E-state index is -0.144. The number of nitrogens with one attached hydrogen (secondary N) is 1. The highest BCUT2D eigenvalue weighted by molar-refractivity contribution is 5.48. The van der Waals surface area contributed by atoms with E-state index in [0.717, 1.165) is 24.2 Å². The maximum Gasteiger partial charge on any atom is 0.221 e. The Labute approximate surface area is 122 Å². The van der Waals surface area contributed by atoms with Gasteiger partial charge in [0.2, 0.25) is 5.88 Å². The molecule has 0 aromatic carbocycles. The van der Waals surface area contributed by atoms with E-state index in [-0.39, 0.29) is 5.41 Å². The fourth-order valence-corrected chi connectivity index (χ4v) is 1.77. The van der Waals surface area contributed by atoms with Gasteiger partial charge in [-0.05, 0) is 25.7 Å². The first-order valence-electron chi connectivity index (χ1n) is 7.24. The third-order valence-corrected chi connectivity index (χ3v) is 3.07. The minimum absolute atomic E-state index is 0.144. The zero-order valence-electron chi connectivity index (χ0n) is 13.6. The molecule has 0 atom stereocenters. The van der Waals surface area contributed by atoms with Crippen molar-refractivity contribution < 1.29 is 4.74 Å². The molecule has 0 radical (unpaired) electrons. The maximum absolute atomic E-state index is 5.82. The van der Waals surface area contributed by atoms with Crippen LogP contribution in [0.3, 0.4) is 0 Å². The average molecular weight is 280 g/mol. The zero-order valence-corrected chi connectivity index (χ0v) is 13.6. The second-order valence-corrected chi connectivity index (χ2v) is 6.60. The molecule has 0 spiro atoms. The summed E-state index contributed by atoms with van der Waals surface area (Å²) in [7, 11) is 0. The Balaban J connectivity index is 2.88. The van der Waals surface area contributed by atoms with Crippen LogP contribution in [0.5, 0.6) is 5.88 Å². The van der Waals surface area contributed by atoms with Gasteiger partial charge in [-0.2, -0.15) is 4.98 Å². The molecular formula is C15H28N4O. The molecule has 0 saturated heterocycles. The summed E-state index contributed by atoms with van der Waals surface area (Å²) in [5, 5.41) is 0. The van der Waals surface area contributed by atoms with Crippen molar-refractivity contribution in [2.24, 2.45) is 11.8 Å². The molecule has 0 saturated carbocycles. The molecule has 1 aromatic rings. The van der Waals surface area contributed by atoms with E-state index in [1.165, 1.54) is 0 Å². The summed E-state index contributed by atoms with van der Waals surface area (Å²) in [6.45, 7) is 13.2. The first-order valence-corrected chi connectivity index (χ1v) is 7.24. The van der Waals surface area contributed by atoms with Crippen LogP contribution in [0.25, 0.3) is 0 Å². The van der Waals surface area contributed by atoms with Crippen molar-refractivity contribution in [3.63, 3.8) is 0 Å². The molecule has 1 aromatic heterocycles. The van der Waals surface area contributed by atoms with Gasteiger partial charge in [-0.1, -0.05) is 34.6 Å². The number of anilines is 1. The molecule has 5 nitrogen and oxygen atoms in total. The number of hydrogen-bond donors (Lipinski definition) is 2. The Morgan fingerprint density at radius 2 is 1.90 bits per heavy atom. The van der Waals surface area contributed by atoms with E-state index in [2.05, 4.69) is 50.0 Å². The summed E-state index contributed by atoms with van der Waals surface area (Å²) in [4.78, 5) is 8.99. The van der Waals surface area contributed by atoms with Crippen molar-refractivity contribution >= 4 is 5.82 Å². The van der Waals surface area contributed by atoms with Crippen LogP contribution in [0.15, 0.2) is 0 Å². The second-order valence-electron chi connectivity index (χ2n) is 6.60. The molecule has 0 amide bonds. The van der Waals surface area contributed by atoms with Gasteiger partial charge in [-0.25, -0.2) is 10.8 Å². The van der Waals surface area contributed by atoms with Crippen LogP contribution in [-0.4, -0.2) is 16.6 Å². The van der Waals surface area contributed by atoms with Crippen LogP contribution < -0.4 is 16.0 Å². The van der Waals surface area contributed by atoms with Gasteiger partial charge in [0, 0.05) is 5.41 Å². The molecule has 0 unspecified atom stereocenters. The van der Waals surface area contributed by atoms with E-state index in [1.54, 1.807) is 0 Å². The van der Waals surface area contributed by atoms with Crippen molar-refractivity contribution in [3.8, 4) is 5.88 Å². The number of rotatable bonds is 6. The Bertz CT molecular complexity index is 438. The van der Waals surface area contributed by atoms with Crippen molar-refractivity contribution in [2.45, 2.75) is 59.8 Å². The van der Waals surface area contributed by atoms with Gasteiger partial charge in [0.05, 0.1) is 12.2 Å². The molecule has 1 rings (SSSR count). The van der Waals surface area contributed by atoms with Crippen molar-refractivity contribution in [2.75, 3.05) is 12.0 Å². The van der Waals surface area contributed by atoms with Crippen molar-refractivity contribution in [1.29, 1.82) is 0 Å². The topological polar surface area (TPSA) is 73.1 Å². The Morgan fingerprint density at radius 3 is 2.40 bits per heavy atom. The molecule has 5 heteroatoms. The van der Waals surface area contributed by atoms with E-state index in [0.29, 0.717) is 24.2 Å². The van der Waals surface area contributed by atoms with E-state index >= 15 is 0 Å². The number of aromatic nitrogens is 2. The molecular weight excluding hydrogens is 252 g/mol. The lowest BCUT2D eigenvalue weighted by molar-refractivity contribution is 0.282. The molecule has 0 aliphatic heterocycles. The summed E-state index contributed by atoms with van der Waals surface area (Å²) in [5.41, 5.74) is 3.33. The number of hydrogen-bond acceptors (Lipinski definition) is 5. The number of nitrogen functional groups attached to an aromatic ring is 1. The monoisotopic (exact) mass is 280 g/mol. The van der Waals surface area contributed by atoms with Crippen LogP contribution in [-0.2, 0) is 5.41 Å². The predicted octanol–water partition coefficient (Wildman–Crippen LogP) is 3.18. The number of ether oxygens (including phenoxy) is 1. The molecule has 0 bridgehead atoms. The minimum Gasteiger partial charge on any atom is -0.477 e. The van der Waals surface area contributed by atoms with E-state index in [4.69, 9.17) is 10.6 Å². The standard InChI is InChI=1S/C15H28N4O/c1-10(2)8-7-9-20-13-11(3)12(19-16)17-14(18-13)15(4,5)6/h10H,7-9,16H2,1-6H3,(H,17,18,19). The second kappa shape index (κ2) is 6.88. The van der Waals surface area contributed by atoms with Crippen LogP contribution in [0, 0.1) is 12.8 Å². The molecule has 0 aliphatic carbocycles. The van der Waals surface area contributed by atoms with Crippen LogP contribution in [0.4, 0.5) is 5.82 Å². The molecule has 20 heavy (non-hydrogen) atoms. The van der Waals surface area contributed by atoms with Crippen LogP contribution in [0.1, 0.15) is 58.8 Å². The molecule has 1 heterocycles. The van der Waals surface area contributed by atoms with Crippen LogP contribution >= 0.6 is 0 Å². The summed E-state index contributed by atoms with van der Waals surface area (Å²) in [6, 6.07) is 0. The Morgan fingerprint density at radius 1 is 1.25 bits per heavy atom. The fourth-order valence-electron chi connectivity index (χ4n) is 1.77. The molecule has 0 fully saturated rings. The summed E-state index contributed by atoms with van der Waals surface area (Å²) >= 11 is 0. The number of hydrazine groups is 1. The lowest BCUT2D eigenvalue weighted by Crippen LogP contribution is -2.20. The SMILES string of the molecule is Cc1c(NN)nc(C(C)(C)C)nc1OCCCC(C)C. The van der Waals surface area contributed by atoms with E-state index in [9.17, 15) is 0 Å². The Hall–Kier alpha value is -1.36. The predicted molar refractivity (Wildman–Crippen MR) is 82.8 cm³/mol. The average Bonchev–Trinajstić information content (AvgIpc) is 2.34. The highest BCUT2D eigenvalue weighted by atomic mass is 16.5. The van der Waals surface area contributed by atoms with Gasteiger partial charge < -0.3 is 10.2 Å². The number of nitrogens with zero attached hydrogens (tertiary/aromatic N) is 2. The molecule has 3 N–H and O–H groups in total. The smallest absolute Gasteiger partial charge is 0.221 e. The first kappa shape index (κ1) is 16.7. The fraction of sp³-hybridized carbons (Fsp3) is 0.733. The third-order valence-electron chi connectivity index (χ3n) is 3.07. The Kier molecular flexibility index (Phi) is 5.74. The maximum atomic E-state index is 5.82. The highest BCUT2D eigenvalue weighted by Crippen LogP contribution is 2.27. The molecule has 114 valence electrons. The van der Waals surface area contributed by atoms with Gasteiger partial charge in [-0.3, -0.25) is 0 Å². The summed E-state index contributed by atoms with van der Waals surface area (Å²) in [6.07, 6.45) is 2.18. The summed E-state index contributed by atoms with van der Waals surface area (Å²) in [5.74, 6) is 8.21. The third kappa shape index (κ3) is 4.63. The van der Waals surface area contributed by atoms with Gasteiger partial charge >= 0.3 is 0 Å². The van der Waals surface area contributed by atoms with Gasteiger partial charge in [0.25, 0.3) is 0 Å². The lowest BCUT2D eigenvalue weighted by atomic mass is 9.95. The highest BCUT2D eigenvalue weighted by Gasteiger charge is 2.21. The summed E-state index contributed by atoms with van der Waals surface area (Å²) < 4.78 is 5.82. The zero-order chi connectivity index (χ0) is 15.3. The van der Waals surface area contributed by atoms with E-state index in [1.807, 2.05) is 6.92 Å². The largest absolute Gasteiger partial charge is 0.477 e. The first-order chi connectivity index (χ1) is 9.25. The van der Waals surface area contributed by atoms with Gasteiger partial charge in [0.15, 0.2) is 5.82 Å². The van der Waals surface area contributed by atoms with Crippen molar-refractivity contribution in [1.82, 2.24) is 9.97 Å². The van der Waals surface area contributed by atoms with E-state index < -0.39 is 0 Å². The number of nitrogens with two attached hydrogens (primary N) is 1.